The number of likely N-dealkylation sites (N-methyl/N-ethyl adjacent to an activating group) is 2. The van der Waals surface area contributed by atoms with Crippen LogP contribution in [0.25, 0.3) is 0 Å². The standard InChI is InChI=1S/C19H32N2/c1-6-15(7-2)21(5)18-13-14(4)16-11-9-10-12-17(16)19(18)20-8-3/h9-12,14-15,18-20H,6-8,13H2,1-5H3. The van der Waals surface area contributed by atoms with Gasteiger partial charge in [-0.3, -0.25) is 4.90 Å². The first-order valence-corrected chi connectivity index (χ1v) is 8.68. The lowest BCUT2D eigenvalue weighted by Gasteiger charge is -2.44. The summed E-state index contributed by atoms with van der Waals surface area (Å²) in [6, 6.07) is 10.8. The van der Waals surface area contributed by atoms with Crippen LogP contribution in [0.15, 0.2) is 24.3 Å². The number of benzene rings is 1. The van der Waals surface area contributed by atoms with E-state index >= 15 is 0 Å². The minimum absolute atomic E-state index is 0.466. The van der Waals surface area contributed by atoms with Gasteiger partial charge >= 0.3 is 0 Å². The molecule has 0 fully saturated rings. The largest absolute Gasteiger partial charge is 0.309 e. The molecule has 2 heteroatoms. The summed E-state index contributed by atoms with van der Waals surface area (Å²) >= 11 is 0. The van der Waals surface area contributed by atoms with E-state index in [1.165, 1.54) is 30.4 Å². The fourth-order valence-corrected chi connectivity index (χ4v) is 4.08. The average Bonchev–Trinajstić information content (AvgIpc) is 2.51. The molecule has 1 aliphatic carbocycles. The third kappa shape index (κ3) is 3.32. The van der Waals surface area contributed by atoms with Gasteiger partial charge in [-0.2, -0.15) is 0 Å². The van der Waals surface area contributed by atoms with Gasteiger partial charge in [-0.1, -0.05) is 52.0 Å². The number of rotatable bonds is 6. The Morgan fingerprint density at radius 2 is 1.76 bits per heavy atom. The lowest BCUT2D eigenvalue weighted by atomic mass is 9.77. The van der Waals surface area contributed by atoms with Crippen molar-refractivity contribution in [3.8, 4) is 0 Å². The van der Waals surface area contributed by atoms with E-state index in [1.54, 1.807) is 0 Å². The molecule has 1 N–H and O–H groups in total. The van der Waals surface area contributed by atoms with Crippen LogP contribution in [0.3, 0.4) is 0 Å². The fraction of sp³-hybridized carbons (Fsp3) is 0.684. The third-order valence-electron chi connectivity index (χ3n) is 5.31. The molecule has 1 aliphatic rings. The molecule has 0 spiro atoms. The van der Waals surface area contributed by atoms with Crippen molar-refractivity contribution in [2.45, 2.75) is 71.0 Å². The molecule has 0 bridgehead atoms. The van der Waals surface area contributed by atoms with E-state index in [2.05, 4.69) is 69.2 Å². The van der Waals surface area contributed by atoms with Crippen molar-refractivity contribution in [2.75, 3.05) is 13.6 Å². The Labute approximate surface area is 130 Å². The van der Waals surface area contributed by atoms with E-state index < -0.39 is 0 Å². The van der Waals surface area contributed by atoms with Gasteiger partial charge in [0.15, 0.2) is 0 Å². The van der Waals surface area contributed by atoms with Gasteiger partial charge in [-0.25, -0.2) is 0 Å². The van der Waals surface area contributed by atoms with Crippen molar-refractivity contribution >= 4 is 0 Å². The van der Waals surface area contributed by atoms with Gasteiger partial charge in [0.05, 0.1) is 0 Å². The molecule has 2 nitrogen and oxygen atoms in total. The van der Waals surface area contributed by atoms with Crippen molar-refractivity contribution < 1.29 is 0 Å². The monoisotopic (exact) mass is 288 g/mol. The number of nitrogens with one attached hydrogen (secondary N) is 1. The lowest BCUT2D eigenvalue weighted by molar-refractivity contribution is 0.111. The van der Waals surface area contributed by atoms with E-state index in [9.17, 15) is 0 Å². The Kier molecular flexibility index (Phi) is 5.83. The van der Waals surface area contributed by atoms with Gasteiger partial charge in [0.2, 0.25) is 0 Å². The SMILES string of the molecule is CCNC1c2ccccc2C(C)CC1N(C)C(CC)CC. The van der Waals surface area contributed by atoms with Gasteiger partial charge in [-0.15, -0.1) is 0 Å². The number of hydrogen-bond acceptors (Lipinski definition) is 2. The molecular formula is C19H32N2. The zero-order chi connectivity index (χ0) is 15.4. The molecule has 1 aromatic carbocycles. The molecule has 3 atom stereocenters. The van der Waals surface area contributed by atoms with Crippen LogP contribution < -0.4 is 5.32 Å². The third-order valence-corrected chi connectivity index (χ3v) is 5.31. The molecule has 0 radical (unpaired) electrons. The van der Waals surface area contributed by atoms with Crippen molar-refractivity contribution in [2.24, 2.45) is 0 Å². The first-order valence-electron chi connectivity index (χ1n) is 8.68. The van der Waals surface area contributed by atoms with E-state index in [4.69, 9.17) is 0 Å². The Morgan fingerprint density at radius 3 is 2.33 bits per heavy atom. The number of fused-ring (bicyclic) bond motifs is 1. The van der Waals surface area contributed by atoms with Gasteiger partial charge in [-0.05, 0) is 49.9 Å². The molecule has 21 heavy (non-hydrogen) atoms. The molecule has 0 saturated heterocycles. The second kappa shape index (κ2) is 7.42. The van der Waals surface area contributed by atoms with Crippen molar-refractivity contribution in [1.29, 1.82) is 0 Å². The molecule has 0 aromatic heterocycles. The highest BCUT2D eigenvalue weighted by Crippen LogP contribution is 2.40. The maximum Gasteiger partial charge on any atom is 0.0481 e. The summed E-state index contributed by atoms with van der Waals surface area (Å²) < 4.78 is 0. The van der Waals surface area contributed by atoms with Gasteiger partial charge in [0.1, 0.15) is 0 Å². The summed E-state index contributed by atoms with van der Waals surface area (Å²) in [5, 5.41) is 3.75. The van der Waals surface area contributed by atoms with Crippen LogP contribution in [0.4, 0.5) is 0 Å². The molecule has 0 saturated carbocycles. The Bertz CT molecular complexity index is 439. The second-order valence-electron chi connectivity index (χ2n) is 6.50. The second-order valence-corrected chi connectivity index (χ2v) is 6.50. The highest BCUT2D eigenvalue weighted by molar-refractivity contribution is 5.36. The van der Waals surface area contributed by atoms with Crippen LogP contribution in [0.5, 0.6) is 0 Å². The fourth-order valence-electron chi connectivity index (χ4n) is 4.08. The molecule has 118 valence electrons. The van der Waals surface area contributed by atoms with Gasteiger partial charge in [0, 0.05) is 18.1 Å². The topological polar surface area (TPSA) is 15.3 Å². The molecule has 2 rings (SSSR count). The number of hydrogen-bond donors (Lipinski definition) is 1. The number of nitrogens with zero attached hydrogens (tertiary/aromatic N) is 1. The Hall–Kier alpha value is -0.860. The zero-order valence-electron chi connectivity index (χ0n) is 14.4. The van der Waals surface area contributed by atoms with Crippen molar-refractivity contribution in [1.82, 2.24) is 10.2 Å². The molecule has 0 aliphatic heterocycles. The summed E-state index contributed by atoms with van der Waals surface area (Å²) in [7, 11) is 2.33. The van der Waals surface area contributed by atoms with E-state index in [-0.39, 0.29) is 0 Å². The van der Waals surface area contributed by atoms with Crippen molar-refractivity contribution in [3.05, 3.63) is 35.4 Å². The zero-order valence-corrected chi connectivity index (χ0v) is 14.4. The maximum absolute atomic E-state index is 3.75. The van der Waals surface area contributed by atoms with Crippen LogP contribution >= 0.6 is 0 Å². The molecule has 0 amide bonds. The summed E-state index contributed by atoms with van der Waals surface area (Å²) in [5.41, 5.74) is 3.05. The summed E-state index contributed by atoms with van der Waals surface area (Å²) in [5.74, 6) is 0.651. The molecule has 0 heterocycles. The predicted molar refractivity (Wildman–Crippen MR) is 91.8 cm³/mol. The maximum atomic E-state index is 3.75. The molecule has 1 aromatic rings. The first kappa shape index (κ1) is 16.5. The van der Waals surface area contributed by atoms with Crippen LogP contribution in [-0.4, -0.2) is 30.6 Å². The highest BCUT2D eigenvalue weighted by atomic mass is 15.2. The van der Waals surface area contributed by atoms with Gasteiger partial charge < -0.3 is 5.32 Å². The summed E-state index contributed by atoms with van der Waals surface area (Å²) in [6.45, 7) is 10.3. The smallest absolute Gasteiger partial charge is 0.0481 e. The Balaban J connectivity index is 2.33. The van der Waals surface area contributed by atoms with Crippen LogP contribution in [0.1, 0.15) is 70.0 Å². The predicted octanol–water partition coefficient (Wildman–Crippen LogP) is 4.33. The summed E-state index contributed by atoms with van der Waals surface area (Å²) in [4.78, 5) is 2.64. The first-order chi connectivity index (χ1) is 10.1. The quantitative estimate of drug-likeness (QED) is 0.838. The normalized spacial score (nSPS) is 25.4. The minimum Gasteiger partial charge on any atom is -0.309 e. The van der Waals surface area contributed by atoms with Crippen LogP contribution in [0.2, 0.25) is 0 Å². The van der Waals surface area contributed by atoms with Gasteiger partial charge in [0.25, 0.3) is 0 Å². The van der Waals surface area contributed by atoms with E-state index in [0.717, 1.165) is 6.54 Å². The summed E-state index contributed by atoms with van der Waals surface area (Å²) in [6.07, 6.45) is 3.72. The van der Waals surface area contributed by atoms with Crippen LogP contribution in [-0.2, 0) is 0 Å². The van der Waals surface area contributed by atoms with Crippen molar-refractivity contribution in [3.63, 3.8) is 0 Å². The highest BCUT2D eigenvalue weighted by Gasteiger charge is 2.36. The minimum atomic E-state index is 0.466. The molecular weight excluding hydrogens is 256 g/mol. The van der Waals surface area contributed by atoms with E-state index in [0.29, 0.717) is 24.0 Å². The van der Waals surface area contributed by atoms with Crippen LogP contribution in [0, 0.1) is 0 Å². The lowest BCUT2D eigenvalue weighted by Crippen LogP contribution is -2.49. The average molecular weight is 288 g/mol. The molecule has 3 unspecified atom stereocenters. The Morgan fingerprint density at radius 1 is 1.14 bits per heavy atom. The van der Waals surface area contributed by atoms with E-state index in [1.807, 2.05) is 0 Å².